The van der Waals surface area contributed by atoms with Gasteiger partial charge in [0.15, 0.2) is 0 Å². The van der Waals surface area contributed by atoms with E-state index < -0.39 is 0 Å². The first-order valence-electron chi connectivity index (χ1n) is 7.80. The Balaban J connectivity index is 1.61. The fourth-order valence-electron chi connectivity index (χ4n) is 3.49. The van der Waals surface area contributed by atoms with Crippen LogP contribution in [0.4, 0.5) is 0 Å². The molecule has 1 saturated heterocycles. The van der Waals surface area contributed by atoms with Crippen molar-refractivity contribution < 1.29 is 14.6 Å². The molecule has 0 radical (unpaired) electrons. The zero-order chi connectivity index (χ0) is 13.8. The molecule has 3 heteroatoms. The summed E-state index contributed by atoms with van der Waals surface area (Å²) in [4.78, 5) is 0. The van der Waals surface area contributed by atoms with Gasteiger partial charge in [0.05, 0.1) is 18.8 Å². The number of benzene rings is 1. The highest BCUT2D eigenvalue weighted by Crippen LogP contribution is 2.39. The van der Waals surface area contributed by atoms with Crippen molar-refractivity contribution in [3.05, 3.63) is 29.8 Å². The standard InChI is InChI=1S/C17H24O3/c18-13-14-4-6-15(7-5-14)20-16-8-11-19-17(12-16)9-2-1-3-10-17/h4-7,16,18H,1-3,8-13H2. The molecule has 3 nitrogen and oxygen atoms in total. The van der Waals surface area contributed by atoms with E-state index in [1.807, 2.05) is 24.3 Å². The average molecular weight is 276 g/mol. The zero-order valence-corrected chi connectivity index (χ0v) is 12.0. The molecule has 1 unspecified atom stereocenters. The van der Waals surface area contributed by atoms with Gasteiger partial charge in [0.25, 0.3) is 0 Å². The minimum absolute atomic E-state index is 0.0840. The van der Waals surface area contributed by atoms with Crippen LogP contribution in [-0.2, 0) is 11.3 Å². The molecule has 110 valence electrons. The quantitative estimate of drug-likeness (QED) is 0.919. The second-order valence-electron chi connectivity index (χ2n) is 6.13. The maximum atomic E-state index is 9.06. The lowest BCUT2D eigenvalue weighted by Crippen LogP contribution is -2.45. The lowest BCUT2D eigenvalue weighted by molar-refractivity contribution is -0.129. The largest absolute Gasteiger partial charge is 0.490 e. The third kappa shape index (κ3) is 3.15. The number of hydrogen-bond acceptors (Lipinski definition) is 3. The Kier molecular flexibility index (Phi) is 4.27. The molecule has 0 bridgehead atoms. The van der Waals surface area contributed by atoms with E-state index in [-0.39, 0.29) is 18.3 Å². The van der Waals surface area contributed by atoms with Gasteiger partial charge in [-0.15, -0.1) is 0 Å². The van der Waals surface area contributed by atoms with Crippen molar-refractivity contribution in [3.8, 4) is 5.75 Å². The minimum atomic E-state index is 0.0840. The van der Waals surface area contributed by atoms with Crippen LogP contribution in [0.2, 0.25) is 0 Å². The van der Waals surface area contributed by atoms with Gasteiger partial charge in [0.2, 0.25) is 0 Å². The lowest BCUT2D eigenvalue weighted by Gasteiger charge is -2.43. The van der Waals surface area contributed by atoms with Gasteiger partial charge in [0, 0.05) is 12.8 Å². The van der Waals surface area contributed by atoms with E-state index in [4.69, 9.17) is 14.6 Å². The van der Waals surface area contributed by atoms with Crippen LogP contribution in [0.3, 0.4) is 0 Å². The van der Waals surface area contributed by atoms with E-state index in [0.717, 1.165) is 30.8 Å². The highest BCUT2D eigenvalue weighted by Gasteiger charge is 2.39. The van der Waals surface area contributed by atoms with Crippen molar-refractivity contribution in [3.63, 3.8) is 0 Å². The molecule has 1 saturated carbocycles. The zero-order valence-electron chi connectivity index (χ0n) is 12.0. The van der Waals surface area contributed by atoms with Gasteiger partial charge in [-0.2, -0.15) is 0 Å². The molecule has 0 aromatic heterocycles. The van der Waals surface area contributed by atoms with Crippen molar-refractivity contribution in [2.75, 3.05) is 6.61 Å². The van der Waals surface area contributed by atoms with Crippen LogP contribution in [-0.4, -0.2) is 23.4 Å². The first kappa shape index (κ1) is 13.9. The molecule has 1 heterocycles. The van der Waals surface area contributed by atoms with Crippen molar-refractivity contribution in [1.82, 2.24) is 0 Å². The summed E-state index contributed by atoms with van der Waals surface area (Å²) in [5.74, 6) is 0.903. The molecule has 1 aromatic carbocycles. The first-order chi connectivity index (χ1) is 9.80. The maximum Gasteiger partial charge on any atom is 0.119 e. The van der Waals surface area contributed by atoms with Gasteiger partial charge in [-0.3, -0.25) is 0 Å². The van der Waals surface area contributed by atoms with Crippen LogP contribution in [0.15, 0.2) is 24.3 Å². The SMILES string of the molecule is OCc1ccc(OC2CCOC3(CCCCC3)C2)cc1. The Labute approximate surface area is 120 Å². The summed E-state index contributed by atoms with van der Waals surface area (Å²) < 4.78 is 12.2. The van der Waals surface area contributed by atoms with Crippen LogP contribution in [0.1, 0.15) is 50.5 Å². The van der Waals surface area contributed by atoms with Crippen molar-refractivity contribution in [2.24, 2.45) is 0 Å². The van der Waals surface area contributed by atoms with Crippen LogP contribution in [0, 0.1) is 0 Å². The molecular weight excluding hydrogens is 252 g/mol. The number of aliphatic hydroxyl groups is 1. The molecule has 1 N–H and O–H groups in total. The predicted molar refractivity (Wildman–Crippen MR) is 77.8 cm³/mol. The van der Waals surface area contributed by atoms with E-state index in [1.54, 1.807) is 0 Å². The Bertz CT molecular complexity index is 415. The van der Waals surface area contributed by atoms with Gasteiger partial charge in [0.1, 0.15) is 11.9 Å². The van der Waals surface area contributed by atoms with E-state index >= 15 is 0 Å². The summed E-state index contributed by atoms with van der Waals surface area (Å²) in [5, 5.41) is 9.06. The Morgan fingerprint density at radius 1 is 1.15 bits per heavy atom. The molecule has 1 spiro atoms. The van der Waals surface area contributed by atoms with Crippen molar-refractivity contribution >= 4 is 0 Å². The minimum Gasteiger partial charge on any atom is -0.490 e. The molecule has 3 rings (SSSR count). The van der Waals surface area contributed by atoms with E-state index in [2.05, 4.69) is 0 Å². The second kappa shape index (κ2) is 6.15. The van der Waals surface area contributed by atoms with E-state index in [1.165, 1.54) is 32.1 Å². The van der Waals surface area contributed by atoms with E-state index in [9.17, 15) is 0 Å². The lowest BCUT2D eigenvalue weighted by atomic mass is 9.79. The highest BCUT2D eigenvalue weighted by molar-refractivity contribution is 5.27. The topological polar surface area (TPSA) is 38.7 Å². The van der Waals surface area contributed by atoms with Gasteiger partial charge in [-0.05, 0) is 30.5 Å². The average Bonchev–Trinajstić information content (AvgIpc) is 2.49. The van der Waals surface area contributed by atoms with Crippen LogP contribution in [0.5, 0.6) is 5.75 Å². The van der Waals surface area contributed by atoms with Crippen molar-refractivity contribution in [2.45, 2.75) is 63.3 Å². The summed E-state index contributed by atoms with van der Waals surface area (Å²) in [5.41, 5.74) is 1.01. The van der Waals surface area contributed by atoms with Gasteiger partial charge >= 0.3 is 0 Å². The molecular formula is C17H24O3. The molecule has 0 amide bonds. The van der Waals surface area contributed by atoms with Gasteiger partial charge in [-0.25, -0.2) is 0 Å². The molecule has 1 aliphatic carbocycles. The van der Waals surface area contributed by atoms with Crippen LogP contribution in [0.25, 0.3) is 0 Å². The fraction of sp³-hybridized carbons (Fsp3) is 0.647. The summed E-state index contributed by atoms with van der Waals surface area (Å²) in [6.07, 6.45) is 8.57. The third-order valence-electron chi connectivity index (χ3n) is 4.62. The predicted octanol–water partition coefficient (Wildman–Crippen LogP) is 3.44. The Hall–Kier alpha value is -1.06. The smallest absolute Gasteiger partial charge is 0.119 e. The summed E-state index contributed by atoms with van der Waals surface area (Å²) in [7, 11) is 0. The van der Waals surface area contributed by atoms with Crippen LogP contribution >= 0.6 is 0 Å². The molecule has 1 aromatic rings. The second-order valence-corrected chi connectivity index (χ2v) is 6.13. The third-order valence-corrected chi connectivity index (χ3v) is 4.62. The maximum absolute atomic E-state index is 9.06. The van der Waals surface area contributed by atoms with Gasteiger partial charge in [-0.1, -0.05) is 31.4 Å². The summed E-state index contributed by atoms with van der Waals surface area (Å²) >= 11 is 0. The van der Waals surface area contributed by atoms with Crippen LogP contribution < -0.4 is 4.74 Å². The number of ether oxygens (including phenoxy) is 2. The Morgan fingerprint density at radius 2 is 1.90 bits per heavy atom. The molecule has 2 fully saturated rings. The monoisotopic (exact) mass is 276 g/mol. The van der Waals surface area contributed by atoms with Crippen molar-refractivity contribution in [1.29, 1.82) is 0 Å². The molecule has 1 aliphatic heterocycles. The van der Waals surface area contributed by atoms with Gasteiger partial charge < -0.3 is 14.6 Å². The summed E-state index contributed by atoms with van der Waals surface area (Å²) in [6.45, 7) is 0.903. The number of rotatable bonds is 3. The number of aliphatic hydroxyl groups excluding tert-OH is 1. The molecule has 1 atom stereocenters. The first-order valence-corrected chi connectivity index (χ1v) is 7.80. The summed E-state index contributed by atoms with van der Waals surface area (Å²) in [6, 6.07) is 7.75. The Morgan fingerprint density at radius 3 is 2.60 bits per heavy atom. The molecule has 20 heavy (non-hydrogen) atoms. The number of hydrogen-bond donors (Lipinski definition) is 1. The van der Waals surface area contributed by atoms with E-state index in [0.29, 0.717) is 0 Å². The normalized spacial score (nSPS) is 25.6. The molecule has 2 aliphatic rings. The fourth-order valence-corrected chi connectivity index (χ4v) is 3.49. The highest BCUT2D eigenvalue weighted by atomic mass is 16.5.